The third-order valence-electron chi connectivity index (χ3n) is 2.70. The molecule has 0 aromatic heterocycles. The second-order valence-electron chi connectivity index (χ2n) is 3.65. The number of carboxylic acid groups (broad SMARTS) is 2. The Balaban J connectivity index is 2.91. The summed E-state index contributed by atoms with van der Waals surface area (Å²) in [6, 6.07) is 0. The lowest BCUT2D eigenvalue weighted by atomic mass is 9.94. The summed E-state index contributed by atoms with van der Waals surface area (Å²) in [5, 5.41) is 17.8. The molecule has 0 heterocycles. The normalized spacial score (nSPS) is 26.4. The highest BCUT2D eigenvalue weighted by Crippen LogP contribution is 2.33. The molecule has 0 saturated carbocycles. The Bertz CT molecular complexity index is 308. The molecule has 1 unspecified atom stereocenters. The van der Waals surface area contributed by atoms with Crippen molar-refractivity contribution in [3.05, 3.63) is 11.6 Å². The van der Waals surface area contributed by atoms with Crippen LogP contribution in [0.1, 0.15) is 12.8 Å². The highest BCUT2D eigenvalue weighted by atomic mass is 16.4. The van der Waals surface area contributed by atoms with E-state index < -0.39 is 17.5 Å². The largest absolute Gasteiger partial charge is 0.480 e. The molecule has 2 N–H and O–H groups in total. The third-order valence-corrected chi connectivity index (χ3v) is 2.70. The van der Waals surface area contributed by atoms with Gasteiger partial charge in [-0.05, 0) is 20.5 Å². The van der Waals surface area contributed by atoms with E-state index in [4.69, 9.17) is 10.2 Å². The van der Waals surface area contributed by atoms with Crippen LogP contribution in [0.4, 0.5) is 0 Å². The summed E-state index contributed by atoms with van der Waals surface area (Å²) in [7, 11) is 3.29. The topological polar surface area (TPSA) is 77.8 Å². The first kappa shape index (κ1) is 10.7. The standard InChI is InChI=1S/C9H13NO4/c1-10(2)9(8(13)14)4-3-6(5-9)7(11)12/h3H,4-5H2,1-2H3,(H,11,12)(H,13,14). The lowest BCUT2D eigenvalue weighted by Gasteiger charge is -2.31. The van der Waals surface area contributed by atoms with Gasteiger partial charge in [0.2, 0.25) is 0 Å². The van der Waals surface area contributed by atoms with Crippen molar-refractivity contribution < 1.29 is 19.8 Å². The molecule has 5 nitrogen and oxygen atoms in total. The predicted molar refractivity (Wildman–Crippen MR) is 49.0 cm³/mol. The molecule has 5 heteroatoms. The second-order valence-corrected chi connectivity index (χ2v) is 3.65. The maximum absolute atomic E-state index is 11.1. The summed E-state index contributed by atoms with van der Waals surface area (Å²) in [4.78, 5) is 23.3. The minimum absolute atomic E-state index is 0.0602. The van der Waals surface area contributed by atoms with Crippen molar-refractivity contribution in [2.75, 3.05) is 14.1 Å². The zero-order chi connectivity index (χ0) is 10.9. The first-order valence-electron chi connectivity index (χ1n) is 4.23. The van der Waals surface area contributed by atoms with E-state index in [2.05, 4.69) is 0 Å². The van der Waals surface area contributed by atoms with Crippen LogP contribution < -0.4 is 0 Å². The van der Waals surface area contributed by atoms with Crippen molar-refractivity contribution in [3.8, 4) is 0 Å². The van der Waals surface area contributed by atoms with Crippen molar-refractivity contribution in [1.82, 2.24) is 4.90 Å². The molecular weight excluding hydrogens is 186 g/mol. The summed E-state index contributed by atoms with van der Waals surface area (Å²) in [6.07, 6.45) is 1.79. The van der Waals surface area contributed by atoms with Gasteiger partial charge in [0.05, 0.1) is 0 Å². The van der Waals surface area contributed by atoms with Gasteiger partial charge in [0.1, 0.15) is 5.54 Å². The number of aliphatic carboxylic acids is 2. The van der Waals surface area contributed by atoms with Gasteiger partial charge in [-0.1, -0.05) is 6.08 Å². The van der Waals surface area contributed by atoms with Crippen LogP contribution in [-0.2, 0) is 9.59 Å². The molecular formula is C9H13NO4. The van der Waals surface area contributed by atoms with E-state index in [1.807, 2.05) is 0 Å². The minimum atomic E-state index is -1.08. The van der Waals surface area contributed by atoms with Gasteiger partial charge in [0.25, 0.3) is 0 Å². The Morgan fingerprint density at radius 1 is 1.43 bits per heavy atom. The summed E-state index contributed by atoms with van der Waals surface area (Å²) in [6.45, 7) is 0. The average Bonchev–Trinajstić information content (AvgIpc) is 2.48. The van der Waals surface area contributed by atoms with E-state index in [1.54, 1.807) is 19.0 Å². The van der Waals surface area contributed by atoms with Crippen LogP contribution in [0, 0.1) is 0 Å². The number of hydrogen-bond donors (Lipinski definition) is 2. The van der Waals surface area contributed by atoms with Gasteiger partial charge in [0, 0.05) is 12.0 Å². The molecule has 0 amide bonds. The Hall–Kier alpha value is -1.36. The molecule has 1 aliphatic carbocycles. The Labute approximate surface area is 81.6 Å². The van der Waals surface area contributed by atoms with E-state index in [-0.39, 0.29) is 18.4 Å². The number of carboxylic acids is 2. The van der Waals surface area contributed by atoms with Gasteiger partial charge in [-0.3, -0.25) is 9.69 Å². The van der Waals surface area contributed by atoms with E-state index in [9.17, 15) is 9.59 Å². The lowest BCUT2D eigenvalue weighted by molar-refractivity contribution is -0.149. The van der Waals surface area contributed by atoms with Crippen LogP contribution in [-0.4, -0.2) is 46.7 Å². The first-order chi connectivity index (χ1) is 6.40. The van der Waals surface area contributed by atoms with E-state index >= 15 is 0 Å². The fourth-order valence-electron chi connectivity index (χ4n) is 1.61. The molecule has 78 valence electrons. The van der Waals surface area contributed by atoms with E-state index in [0.717, 1.165) is 0 Å². The highest BCUT2D eigenvalue weighted by molar-refractivity contribution is 5.91. The molecule has 0 aromatic rings. The van der Waals surface area contributed by atoms with Gasteiger partial charge in [-0.15, -0.1) is 0 Å². The van der Waals surface area contributed by atoms with Crippen LogP contribution in [0.5, 0.6) is 0 Å². The summed E-state index contributed by atoms with van der Waals surface area (Å²) < 4.78 is 0. The summed E-state index contributed by atoms with van der Waals surface area (Å²) in [5.41, 5.74) is -0.894. The summed E-state index contributed by atoms with van der Waals surface area (Å²) in [5.74, 6) is -2.01. The fraction of sp³-hybridized carbons (Fsp3) is 0.556. The smallest absolute Gasteiger partial charge is 0.331 e. The van der Waals surface area contributed by atoms with Gasteiger partial charge < -0.3 is 10.2 Å². The van der Waals surface area contributed by atoms with Gasteiger partial charge in [0.15, 0.2) is 0 Å². The molecule has 0 bridgehead atoms. The number of nitrogens with zero attached hydrogens (tertiary/aromatic N) is 1. The zero-order valence-electron chi connectivity index (χ0n) is 8.15. The summed E-state index contributed by atoms with van der Waals surface area (Å²) >= 11 is 0. The number of carbonyl (C=O) groups is 2. The van der Waals surface area contributed by atoms with Crippen LogP contribution in [0.25, 0.3) is 0 Å². The van der Waals surface area contributed by atoms with E-state index in [0.29, 0.717) is 0 Å². The fourth-order valence-corrected chi connectivity index (χ4v) is 1.61. The van der Waals surface area contributed by atoms with Gasteiger partial charge in [-0.25, -0.2) is 4.79 Å². The molecule has 0 aliphatic heterocycles. The monoisotopic (exact) mass is 199 g/mol. The maximum Gasteiger partial charge on any atom is 0.331 e. The quantitative estimate of drug-likeness (QED) is 0.677. The zero-order valence-corrected chi connectivity index (χ0v) is 8.15. The minimum Gasteiger partial charge on any atom is -0.480 e. The second kappa shape index (κ2) is 3.42. The molecule has 0 spiro atoms. The molecule has 0 saturated heterocycles. The first-order valence-corrected chi connectivity index (χ1v) is 4.23. The van der Waals surface area contributed by atoms with Crippen molar-refractivity contribution >= 4 is 11.9 Å². The van der Waals surface area contributed by atoms with Crippen molar-refractivity contribution in [3.63, 3.8) is 0 Å². The van der Waals surface area contributed by atoms with Gasteiger partial charge in [-0.2, -0.15) is 0 Å². The van der Waals surface area contributed by atoms with Crippen molar-refractivity contribution in [2.45, 2.75) is 18.4 Å². The number of hydrogen-bond acceptors (Lipinski definition) is 3. The molecule has 0 fully saturated rings. The van der Waals surface area contributed by atoms with Crippen LogP contribution in [0.15, 0.2) is 11.6 Å². The Kier molecular flexibility index (Phi) is 2.62. The van der Waals surface area contributed by atoms with Crippen molar-refractivity contribution in [1.29, 1.82) is 0 Å². The SMILES string of the molecule is CN(C)C1(C(=O)O)CC=C(C(=O)O)C1. The molecule has 1 rings (SSSR count). The van der Waals surface area contributed by atoms with Crippen LogP contribution in [0.3, 0.4) is 0 Å². The molecule has 0 aromatic carbocycles. The maximum atomic E-state index is 11.1. The van der Waals surface area contributed by atoms with Crippen molar-refractivity contribution in [2.24, 2.45) is 0 Å². The third kappa shape index (κ3) is 1.50. The average molecular weight is 199 g/mol. The van der Waals surface area contributed by atoms with Crippen LogP contribution >= 0.6 is 0 Å². The highest BCUT2D eigenvalue weighted by Gasteiger charge is 2.45. The molecule has 1 aliphatic rings. The van der Waals surface area contributed by atoms with E-state index in [1.165, 1.54) is 6.08 Å². The van der Waals surface area contributed by atoms with Gasteiger partial charge >= 0.3 is 11.9 Å². The molecule has 0 radical (unpaired) electrons. The lowest BCUT2D eigenvalue weighted by Crippen LogP contribution is -2.49. The van der Waals surface area contributed by atoms with Crippen LogP contribution in [0.2, 0.25) is 0 Å². The predicted octanol–water partition coefficient (Wildman–Crippen LogP) is 0.176. The Morgan fingerprint density at radius 2 is 2.00 bits per heavy atom. The molecule has 14 heavy (non-hydrogen) atoms. The Morgan fingerprint density at radius 3 is 2.21 bits per heavy atom. The number of likely N-dealkylation sites (N-methyl/N-ethyl adjacent to an activating group) is 1. The molecule has 1 atom stereocenters. The number of rotatable bonds is 3.